The molecule has 5 nitrogen and oxygen atoms in total. The van der Waals surface area contributed by atoms with Crippen LogP contribution in [0.2, 0.25) is 0 Å². The number of ether oxygens (including phenoxy) is 1. The van der Waals surface area contributed by atoms with Crippen LogP contribution in [0.1, 0.15) is 13.3 Å². The monoisotopic (exact) mass is 274 g/mol. The predicted octanol–water partition coefficient (Wildman–Crippen LogP) is 2.52. The largest absolute Gasteiger partial charge is 0.494 e. The van der Waals surface area contributed by atoms with E-state index in [9.17, 15) is 4.39 Å². The molecule has 0 amide bonds. The fraction of sp³-hybridized carbons (Fsp3) is 0.357. The lowest BCUT2D eigenvalue weighted by Gasteiger charge is -2.25. The van der Waals surface area contributed by atoms with Crippen LogP contribution in [0.15, 0.2) is 18.5 Å². The number of anilines is 1. The summed E-state index contributed by atoms with van der Waals surface area (Å²) in [5, 5.41) is 9.48. The van der Waals surface area contributed by atoms with Crippen LogP contribution in [-0.2, 0) is 0 Å². The van der Waals surface area contributed by atoms with E-state index in [1.165, 1.54) is 19.5 Å². The second-order valence-electron chi connectivity index (χ2n) is 4.52. The van der Waals surface area contributed by atoms with Crippen LogP contribution < -0.4 is 9.64 Å². The summed E-state index contributed by atoms with van der Waals surface area (Å²) in [4.78, 5) is 10.2. The summed E-state index contributed by atoms with van der Waals surface area (Å²) in [6, 6.07) is 5.02. The van der Waals surface area contributed by atoms with Gasteiger partial charge in [0.15, 0.2) is 11.6 Å². The van der Waals surface area contributed by atoms with Crippen molar-refractivity contribution in [3.8, 4) is 11.8 Å². The van der Waals surface area contributed by atoms with Crippen LogP contribution in [-0.4, -0.2) is 30.2 Å². The number of aromatic nitrogens is 2. The molecular formula is C14H15FN4O. The maximum Gasteiger partial charge on any atom is 0.167 e. The first-order valence-electron chi connectivity index (χ1n) is 6.16. The Morgan fingerprint density at radius 2 is 2.20 bits per heavy atom. The van der Waals surface area contributed by atoms with E-state index in [1.807, 2.05) is 18.9 Å². The van der Waals surface area contributed by atoms with Crippen molar-refractivity contribution in [2.75, 3.05) is 19.1 Å². The summed E-state index contributed by atoms with van der Waals surface area (Å²) >= 11 is 0. The van der Waals surface area contributed by atoms with Gasteiger partial charge in [-0.3, -0.25) is 0 Å². The maximum atomic E-state index is 13.7. The Morgan fingerprint density at radius 3 is 2.85 bits per heavy atom. The SMILES string of the molecule is COc1cc2c(N(C)C(C)CC#N)ncnc2cc1F. The molecule has 0 spiro atoms. The average Bonchev–Trinajstić information content (AvgIpc) is 2.45. The molecular weight excluding hydrogens is 259 g/mol. The smallest absolute Gasteiger partial charge is 0.167 e. The van der Waals surface area contributed by atoms with Crippen molar-refractivity contribution in [3.63, 3.8) is 0 Å². The molecule has 0 saturated heterocycles. The quantitative estimate of drug-likeness (QED) is 0.857. The predicted molar refractivity (Wildman–Crippen MR) is 74.1 cm³/mol. The molecule has 0 aliphatic heterocycles. The molecule has 1 atom stereocenters. The van der Waals surface area contributed by atoms with Crippen molar-refractivity contribution in [1.29, 1.82) is 5.26 Å². The number of hydrogen-bond donors (Lipinski definition) is 0. The van der Waals surface area contributed by atoms with E-state index in [0.717, 1.165) is 0 Å². The van der Waals surface area contributed by atoms with E-state index in [1.54, 1.807) is 6.07 Å². The van der Waals surface area contributed by atoms with Crippen LogP contribution >= 0.6 is 0 Å². The van der Waals surface area contributed by atoms with E-state index in [0.29, 0.717) is 23.1 Å². The highest BCUT2D eigenvalue weighted by atomic mass is 19.1. The van der Waals surface area contributed by atoms with Gasteiger partial charge in [0.2, 0.25) is 0 Å². The van der Waals surface area contributed by atoms with Gasteiger partial charge in [0, 0.05) is 24.5 Å². The van der Waals surface area contributed by atoms with Crippen molar-refractivity contribution in [3.05, 3.63) is 24.3 Å². The summed E-state index contributed by atoms with van der Waals surface area (Å²) < 4.78 is 18.7. The van der Waals surface area contributed by atoms with Gasteiger partial charge in [0.25, 0.3) is 0 Å². The molecule has 0 bridgehead atoms. The topological polar surface area (TPSA) is 62.0 Å². The Morgan fingerprint density at radius 1 is 1.45 bits per heavy atom. The van der Waals surface area contributed by atoms with E-state index in [2.05, 4.69) is 16.0 Å². The lowest BCUT2D eigenvalue weighted by Crippen LogP contribution is -2.29. The number of benzene rings is 1. The first-order valence-corrected chi connectivity index (χ1v) is 6.16. The fourth-order valence-corrected chi connectivity index (χ4v) is 1.96. The Labute approximate surface area is 116 Å². The minimum absolute atomic E-state index is 0.00542. The van der Waals surface area contributed by atoms with E-state index >= 15 is 0 Å². The van der Waals surface area contributed by atoms with E-state index in [-0.39, 0.29) is 11.8 Å². The number of fused-ring (bicyclic) bond motifs is 1. The molecule has 0 N–H and O–H groups in total. The zero-order valence-corrected chi connectivity index (χ0v) is 11.6. The molecule has 0 aliphatic carbocycles. The zero-order valence-electron chi connectivity index (χ0n) is 11.6. The Bertz CT molecular complexity index is 668. The van der Waals surface area contributed by atoms with Gasteiger partial charge in [-0.1, -0.05) is 0 Å². The maximum absolute atomic E-state index is 13.7. The molecule has 1 heterocycles. The summed E-state index contributed by atoms with van der Waals surface area (Å²) in [6.45, 7) is 1.93. The second kappa shape index (κ2) is 5.70. The first kappa shape index (κ1) is 14.0. The van der Waals surface area contributed by atoms with Gasteiger partial charge in [-0.2, -0.15) is 5.26 Å². The third-order valence-corrected chi connectivity index (χ3v) is 3.27. The molecule has 1 aromatic carbocycles. The van der Waals surface area contributed by atoms with Gasteiger partial charge in [0.1, 0.15) is 12.1 Å². The highest BCUT2D eigenvalue weighted by Crippen LogP contribution is 2.29. The van der Waals surface area contributed by atoms with Crippen LogP contribution in [0.5, 0.6) is 5.75 Å². The standard InChI is InChI=1S/C14H15FN4O/c1-9(4-5-16)19(2)14-10-6-13(20-3)11(15)7-12(10)17-8-18-14/h6-9H,4H2,1-3H3. The van der Waals surface area contributed by atoms with Gasteiger partial charge in [-0.15, -0.1) is 0 Å². The van der Waals surface area contributed by atoms with Gasteiger partial charge < -0.3 is 9.64 Å². The van der Waals surface area contributed by atoms with Gasteiger partial charge in [0.05, 0.1) is 25.1 Å². The molecule has 1 aromatic heterocycles. The lowest BCUT2D eigenvalue weighted by atomic mass is 10.1. The number of hydrogen-bond acceptors (Lipinski definition) is 5. The molecule has 0 saturated carbocycles. The van der Waals surface area contributed by atoms with Gasteiger partial charge in [-0.05, 0) is 13.0 Å². The first-order chi connectivity index (χ1) is 9.58. The molecule has 1 unspecified atom stereocenters. The lowest BCUT2D eigenvalue weighted by molar-refractivity contribution is 0.387. The molecule has 20 heavy (non-hydrogen) atoms. The fourth-order valence-electron chi connectivity index (χ4n) is 1.96. The van der Waals surface area contributed by atoms with Crippen molar-refractivity contribution in [1.82, 2.24) is 9.97 Å². The molecule has 0 aliphatic rings. The minimum atomic E-state index is -0.461. The summed E-state index contributed by atoms with van der Waals surface area (Å²) in [5.41, 5.74) is 0.504. The van der Waals surface area contributed by atoms with Crippen LogP contribution in [0.25, 0.3) is 10.9 Å². The molecule has 104 valence electrons. The average molecular weight is 274 g/mol. The van der Waals surface area contributed by atoms with Crippen LogP contribution in [0, 0.1) is 17.1 Å². The highest BCUT2D eigenvalue weighted by molar-refractivity contribution is 5.90. The number of halogens is 1. The van der Waals surface area contributed by atoms with Crippen LogP contribution in [0.4, 0.5) is 10.2 Å². The number of methoxy groups -OCH3 is 1. The molecule has 0 fully saturated rings. The third kappa shape index (κ3) is 2.48. The normalized spacial score (nSPS) is 11.9. The Balaban J connectivity index is 2.56. The molecule has 2 rings (SSSR count). The molecule has 2 aromatic rings. The van der Waals surface area contributed by atoms with Gasteiger partial charge >= 0.3 is 0 Å². The summed E-state index contributed by atoms with van der Waals surface area (Å²) in [7, 11) is 3.26. The van der Waals surface area contributed by atoms with E-state index in [4.69, 9.17) is 10.00 Å². The van der Waals surface area contributed by atoms with Crippen molar-refractivity contribution in [2.24, 2.45) is 0 Å². The Hall–Kier alpha value is -2.42. The van der Waals surface area contributed by atoms with Crippen molar-refractivity contribution in [2.45, 2.75) is 19.4 Å². The van der Waals surface area contributed by atoms with Gasteiger partial charge in [-0.25, -0.2) is 14.4 Å². The van der Waals surface area contributed by atoms with Crippen molar-refractivity contribution < 1.29 is 9.13 Å². The minimum Gasteiger partial charge on any atom is -0.494 e. The number of rotatable bonds is 4. The Kier molecular flexibility index (Phi) is 3.99. The molecule has 0 radical (unpaired) electrons. The molecule has 6 heteroatoms. The second-order valence-corrected chi connectivity index (χ2v) is 4.52. The summed E-state index contributed by atoms with van der Waals surface area (Å²) in [5.74, 6) is 0.336. The van der Waals surface area contributed by atoms with Crippen LogP contribution in [0.3, 0.4) is 0 Å². The van der Waals surface area contributed by atoms with Crippen molar-refractivity contribution >= 4 is 16.7 Å². The highest BCUT2D eigenvalue weighted by Gasteiger charge is 2.16. The third-order valence-electron chi connectivity index (χ3n) is 3.27. The zero-order chi connectivity index (χ0) is 14.7. The van der Waals surface area contributed by atoms with E-state index < -0.39 is 5.82 Å². The summed E-state index contributed by atoms with van der Waals surface area (Å²) in [6.07, 6.45) is 1.76. The number of nitriles is 1. The number of nitrogens with zero attached hydrogens (tertiary/aromatic N) is 4.